The number of rotatable bonds is 6. The minimum Gasteiger partial charge on any atom is -0.508 e. The van der Waals surface area contributed by atoms with Crippen LogP contribution in [0.5, 0.6) is 5.75 Å². The number of nitrogens with one attached hydrogen (secondary N) is 1. The van der Waals surface area contributed by atoms with Gasteiger partial charge in [-0.25, -0.2) is 0 Å². The van der Waals surface area contributed by atoms with Crippen LogP contribution in [0.4, 0.5) is 5.69 Å². The molecule has 0 bridgehead atoms. The average Bonchev–Trinajstić information content (AvgIpc) is 2.64. The van der Waals surface area contributed by atoms with Crippen LogP contribution in [0, 0.1) is 0 Å². The Kier molecular flexibility index (Phi) is 5.66. The lowest BCUT2D eigenvalue weighted by atomic mass is 10.0. The highest BCUT2D eigenvalue weighted by Crippen LogP contribution is 2.20. The summed E-state index contributed by atoms with van der Waals surface area (Å²) >= 11 is 0. The molecule has 0 radical (unpaired) electrons. The molecule has 1 aromatic heterocycles. The normalized spacial score (nSPS) is 19.0. The lowest BCUT2D eigenvalue weighted by Gasteiger charge is -2.34. The third-order valence-corrected chi connectivity index (χ3v) is 4.68. The van der Waals surface area contributed by atoms with Crippen LogP contribution >= 0.6 is 0 Å². The Labute approximate surface area is 148 Å². The first kappa shape index (κ1) is 17.4. The highest BCUT2D eigenvalue weighted by Gasteiger charge is 2.30. The molecule has 1 aromatic carbocycles. The molecule has 1 saturated heterocycles. The highest BCUT2D eigenvalue weighted by atomic mass is 16.3. The number of phenolic OH excluding ortho intramolecular Hbond substituents is 1. The van der Waals surface area contributed by atoms with Gasteiger partial charge in [-0.1, -0.05) is 12.1 Å². The maximum atomic E-state index is 12.8. The van der Waals surface area contributed by atoms with E-state index in [4.69, 9.17) is 0 Å². The topological polar surface area (TPSA) is 65.5 Å². The Morgan fingerprint density at radius 3 is 2.84 bits per heavy atom. The zero-order valence-electron chi connectivity index (χ0n) is 14.6. The van der Waals surface area contributed by atoms with E-state index in [-0.39, 0.29) is 18.0 Å². The van der Waals surface area contributed by atoms with Crippen molar-refractivity contribution in [3.05, 3.63) is 54.4 Å². The van der Waals surface area contributed by atoms with E-state index in [1.807, 2.05) is 29.2 Å². The highest BCUT2D eigenvalue weighted by molar-refractivity contribution is 5.97. The number of piperidine rings is 1. The van der Waals surface area contributed by atoms with Crippen molar-refractivity contribution in [1.82, 2.24) is 10.3 Å². The Balaban J connectivity index is 1.54. The largest absolute Gasteiger partial charge is 0.508 e. The van der Waals surface area contributed by atoms with Gasteiger partial charge in [0.05, 0.1) is 17.9 Å². The first-order valence-electron chi connectivity index (χ1n) is 8.89. The minimum absolute atomic E-state index is 0.135. The number of amides is 1. The molecular formula is C20H25N3O2. The van der Waals surface area contributed by atoms with Crippen molar-refractivity contribution < 1.29 is 9.90 Å². The van der Waals surface area contributed by atoms with Crippen molar-refractivity contribution in [2.24, 2.45) is 0 Å². The van der Waals surface area contributed by atoms with Crippen LogP contribution in [0.2, 0.25) is 0 Å². The third kappa shape index (κ3) is 4.57. The summed E-state index contributed by atoms with van der Waals surface area (Å²) in [6, 6.07) is 11.2. The molecule has 2 N–H and O–H groups in total. The molecule has 2 aromatic rings. The van der Waals surface area contributed by atoms with E-state index < -0.39 is 0 Å². The number of phenols is 1. The molecule has 5 heteroatoms. The molecule has 0 unspecified atom stereocenters. The fourth-order valence-electron chi connectivity index (χ4n) is 3.27. The van der Waals surface area contributed by atoms with E-state index in [0.29, 0.717) is 5.75 Å². The van der Waals surface area contributed by atoms with Crippen molar-refractivity contribution >= 4 is 11.6 Å². The molecule has 132 valence electrons. The molecule has 2 atom stereocenters. The minimum atomic E-state index is -0.135. The van der Waals surface area contributed by atoms with Gasteiger partial charge in [-0.15, -0.1) is 0 Å². The Bertz CT molecular complexity index is 688. The molecule has 1 fully saturated rings. The summed E-state index contributed by atoms with van der Waals surface area (Å²) in [4.78, 5) is 18.7. The molecule has 2 heterocycles. The molecular weight excluding hydrogens is 314 g/mol. The predicted molar refractivity (Wildman–Crippen MR) is 98.6 cm³/mol. The van der Waals surface area contributed by atoms with E-state index in [0.717, 1.165) is 37.9 Å². The first-order chi connectivity index (χ1) is 12.1. The van der Waals surface area contributed by atoms with Crippen LogP contribution in [0.1, 0.15) is 31.7 Å². The van der Waals surface area contributed by atoms with Crippen LogP contribution in [0.15, 0.2) is 48.8 Å². The van der Waals surface area contributed by atoms with Crippen molar-refractivity contribution in [3.8, 4) is 5.75 Å². The zero-order chi connectivity index (χ0) is 17.6. The van der Waals surface area contributed by atoms with Crippen molar-refractivity contribution in [2.75, 3.05) is 11.4 Å². The number of hydrogen-bond donors (Lipinski definition) is 2. The predicted octanol–water partition coefficient (Wildman–Crippen LogP) is 2.89. The van der Waals surface area contributed by atoms with E-state index in [1.54, 1.807) is 24.5 Å². The van der Waals surface area contributed by atoms with Crippen molar-refractivity contribution in [1.29, 1.82) is 0 Å². The Morgan fingerprint density at radius 1 is 1.32 bits per heavy atom. The van der Waals surface area contributed by atoms with Gasteiger partial charge in [-0.3, -0.25) is 9.78 Å². The van der Waals surface area contributed by atoms with Gasteiger partial charge < -0.3 is 15.3 Å². The second-order valence-electron chi connectivity index (χ2n) is 6.67. The van der Waals surface area contributed by atoms with Gasteiger partial charge in [0.25, 0.3) is 0 Å². The number of aromatic nitrogens is 1. The second-order valence-corrected chi connectivity index (χ2v) is 6.67. The average molecular weight is 339 g/mol. The monoisotopic (exact) mass is 339 g/mol. The maximum Gasteiger partial charge on any atom is 0.244 e. The number of hydrogen-bond acceptors (Lipinski definition) is 4. The zero-order valence-corrected chi connectivity index (χ0v) is 14.6. The van der Waals surface area contributed by atoms with Crippen LogP contribution in [0.25, 0.3) is 0 Å². The molecule has 0 saturated carbocycles. The summed E-state index contributed by atoms with van der Waals surface area (Å²) in [7, 11) is 0. The number of aromatic hydroxyl groups is 1. The summed E-state index contributed by atoms with van der Waals surface area (Å²) in [6.45, 7) is 2.88. The summed E-state index contributed by atoms with van der Waals surface area (Å²) in [5.74, 6) is 0.425. The van der Waals surface area contributed by atoms with Crippen LogP contribution in [0.3, 0.4) is 0 Å². The number of carbonyl (C=O) groups excluding carboxylic acids is 1. The SMILES string of the molecule is C[C@@H](CCc1ccc(O)cc1)N[C@@H]1CCCN(c2cccnc2)C1=O. The van der Waals surface area contributed by atoms with E-state index in [2.05, 4.69) is 17.2 Å². The smallest absolute Gasteiger partial charge is 0.244 e. The quantitative estimate of drug-likeness (QED) is 0.849. The summed E-state index contributed by atoms with van der Waals surface area (Å²) < 4.78 is 0. The van der Waals surface area contributed by atoms with E-state index in [1.165, 1.54) is 5.56 Å². The van der Waals surface area contributed by atoms with Crippen LogP contribution in [-0.4, -0.2) is 34.6 Å². The number of anilines is 1. The van der Waals surface area contributed by atoms with E-state index >= 15 is 0 Å². The second kappa shape index (κ2) is 8.12. The number of nitrogens with zero attached hydrogens (tertiary/aromatic N) is 2. The van der Waals surface area contributed by atoms with Gasteiger partial charge in [0.2, 0.25) is 5.91 Å². The van der Waals surface area contributed by atoms with Gasteiger partial charge >= 0.3 is 0 Å². The third-order valence-electron chi connectivity index (χ3n) is 4.68. The van der Waals surface area contributed by atoms with Gasteiger partial charge in [0.15, 0.2) is 0 Å². The molecule has 1 amide bonds. The maximum absolute atomic E-state index is 12.8. The molecule has 0 spiro atoms. The van der Waals surface area contributed by atoms with Crippen LogP contribution < -0.4 is 10.2 Å². The van der Waals surface area contributed by atoms with Crippen LogP contribution in [-0.2, 0) is 11.2 Å². The fraction of sp³-hybridized carbons (Fsp3) is 0.400. The van der Waals surface area contributed by atoms with Crippen molar-refractivity contribution in [2.45, 2.75) is 44.7 Å². The number of pyridine rings is 1. The number of aryl methyl sites for hydroxylation is 1. The van der Waals surface area contributed by atoms with Gasteiger partial charge in [-0.2, -0.15) is 0 Å². The van der Waals surface area contributed by atoms with E-state index in [9.17, 15) is 9.90 Å². The molecule has 0 aliphatic carbocycles. The summed E-state index contributed by atoms with van der Waals surface area (Å²) in [6.07, 6.45) is 7.19. The lowest BCUT2D eigenvalue weighted by Crippen LogP contribution is -2.53. The fourth-order valence-corrected chi connectivity index (χ4v) is 3.27. The first-order valence-corrected chi connectivity index (χ1v) is 8.89. The molecule has 1 aliphatic rings. The molecule has 5 nitrogen and oxygen atoms in total. The Hall–Kier alpha value is -2.40. The lowest BCUT2D eigenvalue weighted by molar-refractivity contribution is -0.122. The van der Waals surface area contributed by atoms with Gasteiger partial charge in [-0.05, 0) is 62.4 Å². The molecule has 25 heavy (non-hydrogen) atoms. The van der Waals surface area contributed by atoms with Gasteiger partial charge in [0.1, 0.15) is 5.75 Å². The standard InChI is InChI=1S/C20H25N3O2/c1-15(6-7-16-8-10-18(24)11-9-16)22-19-5-3-13-23(20(19)25)17-4-2-12-21-14-17/h2,4,8-12,14-15,19,22,24H,3,5-7,13H2,1H3/t15-,19+/m0/s1. The number of carbonyl (C=O) groups is 1. The summed E-state index contributed by atoms with van der Waals surface area (Å²) in [5, 5.41) is 12.8. The Morgan fingerprint density at radius 2 is 2.12 bits per heavy atom. The molecule has 3 rings (SSSR count). The molecule has 1 aliphatic heterocycles. The number of benzene rings is 1. The van der Waals surface area contributed by atoms with Gasteiger partial charge in [0, 0.05) is 18.8 Å². The van der Waals surface area contributed by atoms with Crippen molar-refractivity contribution in [3.63, 3.8) is 0 Å². The summed E-state index contributed by atoms with van der Waals surface area (Å²) in [5.41, 5.74) is 2.06.